The van der Waals surface area contributed by atoms with Crippen LogP contribution in [0.15, 0.2) is 36.5 Å². The molecule has 0 saturated carbocycles. The lowest BCUT2D eigenvalue weighted by Crippen LogP contribution is -2.19. The Bertz CT molecular complexity index is 615. The number of rotatable bonds is 2. The molecule has 0 fully saturated rings. The van der Waals surface area contributed by atoms with Crippen molar-refractivity contribution < 1.29 is 14.6 Å². The molecule has 0 aliphatic carbocycles. The third kappa shape index (κ3) is 2.44. The summed E-state index contributed by atoms with van der Waals surface area (Å²) in [6.45, 7) is 0. The second-order valence-corrected chi connectivity index (χ2v) is 5.11. The number of fused-ring (bicyclic) bond motifs is 1. The largest absolute Gasteiger partial charge is 0.485 e. The molecule has 3 rings (SSSR count). The van der Waals surface area contributed by atoms with Crippen LogP contribution >= 0.6 is 11.6 Å². The number of methoxy groups -OCH3 is 1. The molecular weight excluding hydrogens is 278 g/mol. The van der Waals surface area contributed by atoms with Crippen LogP contribution in [0.4, 0.5) is 0 Å². The highest BCUT2D eigenvalue weighted by atomic mass is 35.5. The minimum absolute atomic E-state index is 0.225. The Labute approximate surface area is 121 Å². The fourth-order valence-electron chi connectivity index (χ4n) is 2.33. The summed E-state index contributed by atoms with van der Waals surface area (Å²) >= 11 is 5.94. The molecule has 20 heavy (non-hydrogen) atoms. The van der Waals surface area contributed by atoms with Crippen molar-refractivity contribution in [1.82, 2.24) is 4.98 Å². The molecule has 5 heteroatoms. The number of aromatic nitrogens is 1. The molecule has 2 heterocycles. The highest BCUT2D eigenvalue weighted by Gasteiger charge is 2.28. The lowest BCUT2D eigenvalue weighted by atomic mass is 9.96. The van der Waals surface area contributed by atoms with Gasteiger partial charge in [-0.15, -0.1) is 0 Å². The third-order valence-electron chi connectivity index (χ3n) is 3.38. The summed E-state index contributed by atoms with van der Waals surface area (Å²) in [5.41, 5.74) is 1.64. The number of hydrogen-bond donors (Lipinski definition) is 1. The predicted molar refractivity (Wildman–Crippen MR) is 75.2 cm³/mol. The predicted octanol–water partition coefficient (Wildman–Crippen LogP) is 3.30. The van der Waals surface area contributed by atoms with Crippen LogP contribution in [0, 0.1) is 0 Å². The van der Waals surface area contributed by atoms with Crippen LogP contribution in [-0.2, 0) is 0 Å². The standard InChI is InChI=1S/C15H14ClNO3/c1-19-15-5-2-9(8-17-15)14-7-12(18)11-6-10(16)3-4-13(11)20-14/h2-6,8,12,14,18H,7H2,1H3. The molecule has 2 aromatic rings. The molecule has 0 amide bonds. The number of ether oxygens (including phenoxy) is 2. The van der Waals surface area contributed by atoms with E-state index in [0.717, 1.165) is 11.1 Å². The van der Waals surface area contributed by atoms with E-state index in [9.17, 15) is 5.11 Å². The van der Waals surface area contributed by atoms with Gasteiger partial charge in [0.1, 0.15) is 11.9 Å². The van der Waals surface area contributed by atoms with Crippen molar-refractivity contribution >= 4 is 11.6 Å². The van der Waals surface area contributed by atoms with Crippen LogP contribution in [0.5, 0.6) is 11.6 Å². The molecule has 0 saturated heterocycles. The zero-order chi connectivity index (χ0) is 14.1. The molecule has 2 atom stereocenters. The summed E-state index contributed by atoms with van der Waals surface area (Å²) in [6.07, 6.45) is 1.36. The van der Waals surface area contributed by atoms with Crippen molar-refractivity contribution in [2.75, 3.05) is 7.11 Å². The van der Waals surface area contributed by atoms with Gasteiger partial charge in [0, 0.05) is 34.8 Å². The number of pyridine rings is 1. The van der Waals surface area contributed by atoms with Crippen molar-refractivity contribution in [3.63, 3.8) is 0 Å². The summed E-state index contributed by atoms with van der Waals surface area (Å²) in [7, 11) is 1.57. The Morgan fingerprint density at radius 2 is 2.20 bits per heavy atom. The SMILES string of the molecule is COc1ccc(C2CC(O)c3cc(Cl)ccc3O2)cn1. The molecule has 1 aliphatic rings. The van der Waals surface area contributed by atoms with E-state index < -0.39 is 6.10 Å². The molecule has 1 N–H and O–H groups in total. The second kappa shape index (κ2) is 5.31. The highest BCUT2D eigenvalue weighted by molar-refractivity contribution is 6.30. The number of halogens is 1. The Hall–Kier alpha value is -1.78. The van der Waals surface area contributed by atoms with Gasteiger partial charge < -0.3 is 14.6 Å². The Balaban J connectivity index is 1.88. The van der Waals surface area contributed by atoms with Gasteiger partial charge >= 0.3 is 0 Å². The van der Waals surface area contributed by atoms with Gasteiger partial charge in [-0.25, -0.2) is 4.98 Å². The lowest BCUT2D eigenvalue weighted by molar-refractivity contribution is 0.0655. The van der Waals surface area contributed by atoms with Crippen molar-refractivity contribution in [3.8, 4) is 11.6 Å². The van der Waals surface area contributed by atoms with Crippen LogP contribution in [-0.4, -0.2) is 17.2 Å². The first-order chi connectivity index (χ1) is 9.67. The van der Waals surface area contributed by atoms with Crippen LogP contribution in [0.25, 0.3) is 0 Å². The van der Waals surface area contributed by atoms with Crippen molar-refractivity contribution in [3.05, 3.63) is 52.7 Å². The third-order valence-corrected chi connectivity index (χ3v) is 3.61. The Morgan fingerprint density at radius 1 is 1.35 bits per heavy atom. The first-order valence-electron chi connectivity index (χ1n) is 6.31. The first kappa shape index (κ1) is 13.2. The van der Waals surface area contributed by atoms with Gasteiger partial charge in [0.05, 0.1) is 13.2 Å². The summed E-state index contributed by atoms with van der Waals surface area (Å²) in [6, 6.07) is 8.95. The minimum atomic E-state index is -0.593. The molecule has 1 aromatic carbocycles. The van der Waals surface area contributed by atoms with E-state index in [2.05, 4.69) is 4.98 Å². The van der Waals surface area contributed by atoms with Gasteiger partial charge in [-0.3, -0.25) is 0 Å². The first-order valence-corrected chi connectivity index (χ1v) is 6.69. The molecule has 2 unspecified atom stereocenters. The maximum Gasteiger partial charge on any atom is 0.212 e. The number of hydrogen-bond acceptors (Lipinski definition) is 4. The molecule has 0 bridgehead atoms. The summed E-state index contributed by atoms with van der Waals surface area (Å²) < 4.78 is 10.9. The van der Waals surface area contributed by atoms with Gasteiger partial charge in [0.15, 0.2) is 0 Å². The molecule has 1 aromatic heterocycles. The van der Waals surface area contributed by atoms with E-state index in [1.165, 1.54) is 0 Å². The van der Waals surface area contributed by atoms with E-state index in [0.29, 0.717) is 23.1 Å². The van der Waals surface area contributed by atoms with E-state index in [4.69, 9.17) is 21.1 Å². The maximum atomic E-state index is 10.2. The average Bonchev–Trinajstić information content (AvgIpc) is 2.48. The molecule has 4 nitrogen and oxygen atoms in total. The van der Waals surface area contributed by atoms with Crippen molar-refractivity contribution in [2.45, 2.75) is 18.6 Å². The van der Waals surface area contributed by atoms with Crippen LogP contribution in [0.2, 0.25) is 5.02 Å². The van der Waals surface area contributed by atoms with Crippen LogP contribution < -0.4 is 9.47 Å². The fraction of sp³-hybridized carbons (Fsp3) is 0.267. The highest BCUT2D eigenvalue weighted by Crippen LogP contribution is 2.41. The minimum Gasteiger partial charge on any atom is -0.485 e. The molecule has 0 radical (unpaired) electrons. The van der Waals surface area contributed by atoms with Crippen molar-refractivity contribution in [2.24, 2.45) is 0 Å². The summed E-state index contributed by atoms with van der Waals surface area (Å²) in [5.74, 6) is 1.21. The second-order valence-electron chi connectivity index (χ2n) is 4.67. The molecule has 0 spiro atoms. The van der Waals surface area contributed by atoms with Gasteiger partial charge in [-0.05, 0) is 24.3 Å². The maximum absolute atomic E-state index is 10.2. The number of aliphatic hydroxyl groups excluding tert-OH is 1. The average molecular weight is 292 g/mol. The Morgan fingerprint density at radius 3 is 2.90 bits per heavy atom. The van der Waals surface area contributed by atoms with E-state index in [1.807, 2.05) is 6.07 Å². The zero-order valence-corrected chi connectivity index (χ0v) is 11.7. The number of benzene rings is 1. The topological polar surface area (TPSA) is 51.6 Å². The number of aliphatic hydroxyl groups is 1. The molecular formula is C15H14ClNO3. The smallest absolute Gasteiger partial charge is 0.212 e. The van der Waals surface area contributed by atoms with Crippen molar-refractivity contribution in [1.29, 1.82) is 0 Å². The van der Waals surface area contributed by atoms with E-state index in [1.54, 1.807) is 37.6 Å². The molecule has 104 valence electrons. The Kier molecular flexibility index (Phi) is 3.51. The van der Waals surface area contributed by atoms with E-state index in [-0.39, 0.29) is 6.10 Å². The van der Waals surface area contributed by atoms with Gasteiger partial charge in [0.25, 0.3) is 0 Å². The normalized spacial score (nSPS) is 20.9. The molecule has 1 aliphatic heterocycles. The number of nitrogens with zero attached hydrogens (tertiary/aromatic N) is 1. The van der Waals surface area contributed by atoms with Gasteiger partial charge in [0.2, 0.25) is 5.88 Å². The lowest BCUT2D eigenvalue weighted by Gasteiger charge is -2.29. The summed E-state index contributed by atoms with van der Waals surface area (Å²) in [5, 5.41) is 10.8. The van der Waals surface area contributed by atoms with Crippen LogP contribution in [0.1, 0.15) is 29.8 Å². The van der Waals surface area contributed by atoms with Crippen LogP contribution in [0.3, 0.4) is 0 Å². The quantitative estimate of drug-likeness (QED) is 0.922. The summed E-state index contributed by atoms with van der Waals surface area (Å²) in [4.78, 5) is 4.16. The van der Waals surface area contributed by atoms with Gasteiger partial charge in [-0.1, -0.05) is 11.6 Å². The fourth-order valence-corrected chi connectivity index (χ4v) is 2.51. The van der Waals surface area contributed by atoms with Gasteiger partial charge in [-0.2, -0.15) is 0 Å². The zero-order valence-electron chi connectivity index (χ0n) is 10.9. The monoisotopic (exact) mass is 291 g/mol. The van der Waals surface area contributed by atoms with E-state index >= 15 is 0 Å².